The molecule has 3 heteroatoms. The summed E-state index contributed by atoms with van der Waals surface area (Å²) in [6, 6.07) is 0. The van der Waals surface area contributed by atoms with Gasteiger partial charge in [0, 0.05) is 10.5 Å². The van der Waals surface area contributed by atoms with E-state index >= 15 is 0 Å². The molecule has 0 amide bonds. The molecule has 0 aliphatic heterocycles. The molecule has 0 saturated carbocycles. The molecule has 12 heavy (non-hydrogen) atoms. The van der Waals surface area contributed by atoms with Crippen LogP contribution >= 0.6 is 12.6 Å². The number of carbonyl (C=O) groups is 1. The second-order valence-corrected chi connectivity index (χ2v) is 2.30. The molecule has 0 heterocycles. The number of rotatable bonds is 2. The largest absolute Gasteiger partial charge is 0.478 e. The van der Waals surface area contributed by atoms with Gasteiger partial charge < -0.3 is 5.11 Å². The van der Waals surface area contributed by atoms with Gasteiger partial charge in [-0.3, -0.25) is 0 Å². The molecular formula is C9H16O2S. The van der Waals surface area contributed by atoms with Crippen LogP contribution in [-0.4, -0.2) is 11.1 Å². The minimum absolute atomic E-state index is 0.265. The Morgan fingerprint density at radius 3 is 2.08 bits per heavy atom. The predicted octanol–water partition coefficient (Wildman–Crippen LogP) is 2.88. The fourth-order valence-electron chi connectivity index (χ4n) is 0.392. The summed E-state index contributed by atoms with van der Waals surface area (Å²) in [6.07, 6.45) is 3.39. The topological polar surface area (TPSA) is 37.3 Å². The summed E-state index contributed by atoms with van der Waals surface area (Å²) < 4.78 is 0. The zero-order valence-electron chi connectivity index (χ0n) is 7.96. The van der Waals surface area contributed by atoms with E-state index in [1.807, 2.05) is 20.8 Å². The molecule has 0 bridgehead atoms. The van der Waals surface area contributed by atoms with Crippen molar-refractivity contribution in [2.45, 2.75) is 27.7 Å². The van der Waals surface area contributed by atoms with Gasteiger partial charge in [-0.1, -0.05) is 26.0 Å². The lowest BCUT2D eigenvalue weighted by Gasteiger charge is -1.94. The van der Waals surface area contributed by atoms with Gasteiger partial charge in [0.15, 0.2) is 0 Å². The Morgan fingerprint density at radius 1 is 1.42 bits per heavy atom. The van der Waals surface area contributed by atoms with Crippen LogP contribution in [0.1, 0.15) is 27.7 Å². The lowest BCUT2D eigenvalue weighted by Crippen LogP contribution is -1.96. The number of carboxylic acids is 1. The zero-order valence-corrected chi connectivity index (χ0v) is 8.85. The summed E-state index contributed by atoms with van der Waals surface area (Å²) in [5.41, 5.74) is 0.265. The molecule has 0 aliphatic rings. The molecule has 1 N–H and O–H groups in total. The van der Waals surface area contributed by atoms with Gasteiger partial charge in [0.25, 0.3) is 0 Å². The van der Waals surface area contributed by atoms with E-state index in [9.17, 15) is 4.79 Å². The molecule has 0 spiro atoms. The van der Waals surface area contributed by atoms with E-state index in [0.29, 0.717) is 4.91 Å². The molecule has 0 aromatic rings. The standard InChI is InChI=1S/C7H10O2S.C2H6/c1-3-4-6(10)5(2)7(8)9;1-2/h3-4,10H,1-2H3,(H,8,9);1-2H3/b4-3-,6-5-;. The number of aliphatic carboxylic acids is 1. The summed E-state index contributed by atoms with van der Waals surface area (Å²) in [6.45, 7) is 7.33. The lowest BCUT2D eigenvalue weighted by atomic mass is 10.3. The van der Waals surface area contributed by atoms with Crippen molar-refractivity contribution in [3.63, 3.8) is 0 Å². The van der Waals surface area contributed by atoms with Gasteiger partial charge in [-0.05, 0) is 13.8 Å². The van der Waals surface area contributed by atoms with Crippen LogP contribution in [-0.2, 0) is 4.79 Å². The molecule has 0 fully saturated rings. The highest BCUT2D eigenvalue weighted by molar-refractivity contribution is 7.84. The van der Waals surface area contributed by atoms with Crippen LogP contribution in [0.2, 0.25) is 0 Å². The Hall–Kier alpha value is -0.700. The second-order valence-electron chi connectivity index (χ2n) is 1.82. The summed E-state index contributed by atoms with van der Waals surface area (Å²) >= 11 is 3.96. The zero-order chi connectivity index (χ0) is 10.1. The second kappa shape index (κ2) is 8.40. The maximum absolute atomic E-state index is 10.3. The van der Waals surface area contributed by atoms with Gasteiger partial charge in [0.2, 0.25) is 0 Å². The van der Waals surface area contributed by atoms with Gasteiger partial charge in [-0.2, -0.15) is 0 Å². The molecule has 0 aromatic carbocycles. The highest BCUT2D eigenvalue weighted by Gasteiger charge is 2.01. The smallest absolute Gasteiger partial charge is 0.332 e. The van der Waals surface area contributed by atoms with Gasteiger partial charge in [0.05, 0.1) is 0 Å². The molecule has 2 nitrogen and oxygen atoms in total. The van der Waals surface area contributed by atoms with E-state index in [1.54, 1.807) is 12.2 Å². The molecule has 0 atom stereocenters. The number of hydrogen-bond donors (Lipinski definition) is 2. The van der Waals surface area contributed by atoms with E-state index in [-0.39, 0.29) is 5.57 Å². The summed E-state index contributed by atoms with van der Waals surface area (Å²) in [4.78, 5) is 10.8. The van der Waals surface area contributed by atoms with E-state index in [4.69, 9.17) is 5.11 Å². The Morgan fingerprint density at radius 2 is 1.83 bits per heavy atom. The molecule has 0 aromatic heterocycles. The monoisotopic (exact) mass is 188 g/mol. The van der Waals surface area contributed by atoms with E-state index < -0.39 is 5.97 Å². The van der Waals surface area contributed by atoms with Crippen molar-refractivity contribution in [3.05, 3.63) is 22.6 Å². The minimum Gasteiger partial charge on any atom is -0.478 e. The molecule has 0 saturated heterocycles. The summed E-state index contributed by atoms with van der Waals surface area (Å²) in [5, 5.41) is 8.44. The highest BCUT2D eigenvalue weighted by atomic mass is 32.1. The normalized spacial score (nSPS) is 11.8. The minimum atomic E-state index is -0.928. The van der Waals surface area contributed by atoms with Crippen molar-refractivity contribution >= 4 is 18.6 Å². The number of thiol groups is 1. The van der Waals surface area contributed by atoms with Gasteiger partial charge in [0.1, 0.15) is 0 Å². The van der Waals surface area contributed by atoms with Crippen LogP contribution in [0.4, 0.5) is 0 Å². The maximum atomic E-state index is 10.3. The van der Waals surface area contributed by atoms with Crippen LogP contribution in [0, 0.1) is 0 Å². The van der Waals surface area contributed by atoms with E-state index in [0.717, 1.165) is 0 Å². The van der Waals surface area contributed by atoms with Crippen molar-refractivity contribution in [3.8, 4) is 0 Å². The third-order valence-corrected chi connectivity index (χ3v) is 1.51. The molecule has 0 aliphatic carbocycles. The Balaban J connectivity index is 0. The first-order valence-electron chi connectivity index (χ1n) is 3.85. The van der Waals surface area contributed by atoms with Crippen LogP contribution in [0.25, 0.3) is 0 Å². The summed E-state index contributed by atoms with van der Waals surface area (Å²) in [5.74, 6) is -0.928. The number of allylic oxidation sites excluding steroid dienone is 2. The molecule has 0 unspecified atom stereocenters. The Bertz CT molecular complexity index is 193. The molecule has 0 rings (SSSR count). The van der Waals surface area contributed by atoms with Crippen molar-refractivity contribution in [2.75, 3.05) is 0 Å². The third-order valence-electron chi connectivity index (χ3n) is 1.03. The van der Waals surface area contributed by atoms with Gasteiger partial charge in [-0.25, -0.2) is 4.79 Å². The van der Waals surface area contributed by atoms with E-state index in [2.05, 4.69) is 12.6 Å². The number of carboxylic acid groups (broad SMARTS) is 1. The van der Waals surface area contributed by atoms with Crippen molar-refractivity contribution in [1.82, 2.24) is 0 Å². The highest BCUT2D eigenvalue weighted by Crippen LogP contribution is 2.09. The SMILES string of the molecule is C/C=C\C(S)=C(/C)C(=O)O.CC. The van der Waals surface area contributed by atoms with Crippen LogP contribution < -0.4 is 0 Å². The van der Waals surface area contributed by atoms with Crippen molar-refractivity contribution in [1.29, 1.82) is 0 Å². The third kappa shape index (κ3) is 6.04. The van der Waals surface area contributed by atoms with Crippen molar-refractivity contribution in [2.24, 2.45) is 0 Å². The van der Waals surface area contributed by atoms with Crippen molar-refractivity contribution < 1.29 is 9.90 Å². The fourth-order valence-corrected chi connectivity index (χ4v) is 0.637. The number of hydrogen-bond acceptors (Lipinski definition) is 2. The average Bonchev–Trinajstić information content (AvgIpc) is 2.07. The Labute approximate surface area is 79.4 Å². The molecular weight excluding hydrogens is 172 g/mol. The quantitative estimate of drug-likeness (QED) is 0.397. The first kappa shape index (κ1) is 13.9. The van der Waals surface area contributed by atoms with Gasteiger partial charge in [-0.15, -0.1) is 12.6 Å². The maximum Gasteiger partial charge on any atom is 0.332 e. The first-order chi connectivity index (χ1) is 5.59. The lowest BCUT2D eigenvalue weighted by molar-refractivity contribution is -0.132. The van der Waals surface area contributed by atoms with E-state index in [1.165, 1.54) is 6.92 Å². The molecule has 0 radical (unpaired) electrons. The van der Waals surface area contributed by atoms with Crippen LogP contribution in [0.3, 0.4) is 0 Å². The fraction of sp³-hybridized carbons (Fsp3) is 0.444. The van der Waals surface area contributed by atoms with Gasteiger partial charge >= 0.3 is 5.97 Å². The first-order valence-corrected chi connectivity index (χ1v) is 4.30. The Kier molecular flexibility index (Phi) is 9.70. The molecule has 70 valence electrons. The average molecular weight is 188 g/mol. The predicted molar refractivity (Wildman–Crippen MR) is 55.5 cm³/mol. The summed E-state index contributed by atoms with van der Waals surface area (Å²) in [7, 11) is 0. The van der Waals surface area contributed by atoms with Crippen LogP contribution in [0.5, 0.6) is 0 Å². The van der Waals surface area contributed by atoms with Crippen LogP contribution in [0.15, 0.2) is 22.6 Å².